The molecule has 2 rings (SSSR count). The molecule has 2 heterocycles. The van der Waals surface area contributed by atoms with E-state index < -0.39 is 0 Å². The number of aromatic nitrogens is 2. The SMILES string of the molecule is CC(C)Cc1nc(-c2cncs2)sc1CN. The van der Waals surface area contributed by atoms with Gasteiger partial charge in [0.05, 0.1) is 16.1 Å². The van der Waals surface area contributed by atoms with Crippen LogP contribution in [0.3, 0.4) is 0 Å². The average molecular weight is 253 g/mol. The minimum absolute atomic E-state index is 0.582. The second-order valence-electron chi connectivity index (χ2n) is 4.06. The molecule has 0 aromatic carbocycles. The lowest BCUT2D eigenvalue weighted by molar-refractivity contribution is 0.634. The van der Waals surface area contributed by atoms with Gasteiger partial charge in [-0.3, -0.25) is 4.98 Å². The van der Waals surface area contributed by atoms with E-state index in [2.05, 4.69) is 23.8 Å². The van der Waals surface area contributed by atoms with Crippen molar-refractivity contribution >= 4 is 22.7 Å². The molecule has 0 aliphatic carbocycles. The van der Waals surface area contributed by atoms with Crippen LogP contribution < -0.4 is 5.73 Å². The van der Waals surface area contributed by atoms with E-state index in [4.69, 9.17) is 5.73 Å². The molecule has 0 saturated carbocycles. The Morgan fingerprint density at radius 3 is 2.81 bits per heavy atom. The summed E-state index contributed by atoms with van der Waals surface area (Å²) in [5, 5.41) is 1.05. The van der Waals surface area contributed by atoms with Crippen molar-refractivity contribution in [3.05, 3.63) is 22.3 Å². The number of hydrogen-bond acceptors (Lipinski definition) is 5. The highest BCUT2D eigenvalue weighted by molar-refractivity contribution is 7.20. The van der Waals surface area contributed by atoms with Gasteiger partial charge in [-0.1, -0.05) is 13.8 Å². The molecule has 2 aromatic rings. The maximum absolute atomic E-state index is 5.75. The second kappa shape index (κ2) is 5.03. The zero-order chi connectivity index (χ0) is 11.5. The fourth-order valence-electron chi connectivity index (χ4n) is 1.52. The van der Waals surface area contributed by atoms with Crippen molar-refractivity contribution in [2.75, 3.05) is 0 Å². The van der Waals surface area contributed by atoms with E-state index in [0.29, 0.717) is 12.5 Å². The third-order valence-corrected chi connectivity index (χ3v) is 4.27. The van der Waals surface area contributed by atoms with Crippen molar-refractivity contribution in [1.29, 1.82) is 0 Å². The fraction of sp³-hybridized carbons (Fsp3) is 0.455. The lowest BCUT2D eigenvalue weighted by Gasteiger charge is -2.02. The smallest absolute Gasteiger partial charge is 0.135 e. The molecule has 0 aliphatic rings. The van der Waals surface area contributed by atoms with E-state index in [-0.39, 0.29) is 0 Å². The Morgan fingerprint density at radius 1 is 1.44 bits per heavy atom. The maximum atomic E-state index is 5.75. The molecule has 2 aromatic heterocycles. The van der Waals surface area contributed by atoms with Crippen LogP contribution in [0.5, 0.6) is 0 Å². The lowest BCUT2D eigenvalue weighted by Crippen LogP contribution is -2.01. The van der Waals surface area contributed by atoms with E-state index in [1.807, 2.05) is 11.7 Å². The Bertz CT molecular complexity index is 446. The number of rotatable bonds is 4. The molecule has 0 aliphatic heterocycles. The van der Waals surface area contributed by atoms with Gasteiger partial charge in [0.15, 0.2) is 0 Å². The number of thiazole rings is 2. The molecule has 16 heavy (non-hydrogen) atoms. The third-order valence-electron chi connectivity index (χ3n) is 2.21. The molecule has 0 radical (unpaired) electrons. The molecule has 86 valence electrons. The Morgan fingerprint density at radius 2 is 2.25 bits per heavy atom. The van der Waals surface area contributed by atoms with Gasteiger partial charge < -0.3 is 5.73 Å². The highest BCUT2D eigenvalue weighted by atomic mass is 32.1. The zero-order valence-electron chi connectivity index (χ0n) is 9.43. The summed E-state index contributed by atoms with van der Waals surface area (Å²) >= 11 is 3.32. The first-order valence-electron chi connectivity index (χ1n) is 5.28. The summed E-state index contributed by atoms with van der Waals surface area (Å²) in [7, 11) is 0. The van der Waals surface area contributed by atoms with Crippen LogP contribution in [0.4, 0.5) is 0 Å². The third kappa shape index (κ3) is 2.48. The first-order valence-corrected chi connectivity index (χ1v) is 6.97. The van der Waals surface area contributed by atoms with Crippen LogP contribution in [-0.4, -0.2) is 9.97 Å². The van der Waals surface area contributed by atoms with E-state index >= 15 is 0 Å². The Kier molecular flexibility index (Phi) is 3.68. The van der Waals surface area contributed by atoms with Crippen LogP contribution in [0.2, 0.25) is 0 Å². The normalized spacial score (nSPS) is 11.2. The standard InChI is InChI=1S/C11H15N3S2/c1-7(2)3-8-9(4-12)16-11(14-8)10-5-13-6-15-10/h5-7H,3-4,12H2,1-2H3. The summed E-state index contributed by atoms with van der Waals surface area (Å²) in [5.41, 5.74) is 8.74. The summed E-state index contributed by atoms with van der Waals surface area (Å²) in [6.07, 6.45) is 2.87. The number of hydrogen-bond donors (Lipinski definition) is 1. The molecule has 0 saturated heterocycles. The lowest BCUT2D eigenvalue weighted by atomic mass is 10.1. The van der Waals surface area contributed by atoms with Crippen molar-refractivity contribution < 1.29 is 0 Å². The molecule has 3 nitrogen and oxygen atoms in total. The molecule has 0 spiro atoms. The highest BCUT2D eigenvalue weighted by Gasteiger charge is 2.13. The highest BCUT2D eigenvalue weighted by Crippen LogP contribution is 2.31. The minimum Gasteiger partial charge on any atom is -0.326 e. The minimum atomic E-state index is 0.582. The summed E-state index contributed by atoms with van der Waals surface area (Å²) in [5.74, 6) is 0.613. The predicted octanol–water partition coefficient (Wildman–Crippen LogP) is 2.92. The maximum Gasteiger partial charge on any atom is 0.135 e. The fourth-order valence-corrected chi connectivity index (χ4v) is 3.16. The van der Waals surface area contributed by atoms with Gasteiger partial charge in [-0.05, 0) is 12.3 Å². The van der Waals surface area contributed by atoms with Gasteiger partial charge in [-0.2, -0.15) is 0 Å². The quantitative estimate of drug-likeness (QED) is 0.911. The van der Waals surface area contributed by atoms with Gasteiger partial charge in [0.1, 0.15) is 5.01 Å². The predicted molar refractivity (Wildman–Crippen MR) is 69.7 cm³/mol. The summed E-state index contributed by atoms with van der Waals surface area (Å²) in [4.78, 5) is 11.1. The largest absolute Gasteiger partial charge is 0.326 e. The van der Waals surface area contributed by atoms with Crippen LogP contribution in [0.1, 0.15) is 24.4 Å². The molecule has 0 amide bonds. The molecule has 0 fully saturated rings. The Balaban J connectivity index is 2.32. The summed E-state index contributed by atoms with van der Waals surface area (Å²) in [6.45, 7) is 4.98. The first-order chi connectivity index (χ1) is 7.70. The van der Waals surface area contributed by atoms with Crippen LogP contribution in [0.15, 0.2) is 11.7 Å². The van der Waals surface area contributed by atoms with Gasteiger partial charge in [0.25, 0.3) is 0 Å². The monoisotopic (exact) mass is 253 g/mol. The number of nitrogens with two attached hydrogens (primary N) is 1. The molecule has 0 unspecified atom stereocenters. The number of nitrogens with zero attached hydrogens (tertiary/aromatic N) is 2. The average Bonchev–Trinajstić information content (AvgIpc) is 2.83. The van der Waals surface area contributed by atoms with Crippen molar-refractivity contribution in [3.8, 4) is 9.88 Å². The van der Waals surface area contributed by atoms with Crippen molar-refractivity contribution in [2.45, 2.75) is 26.8 Å². The van der Waals surface area contributed by atoms with Gasteiger partial charge in [-0.15, -0.1) is 22.7 Å². The van der Waals surface area contributed by atoms with Gasteiger partial charge in [0.2, 0.25) is 0 Å². The van der Waals surface area contributed by atoms with Crippen molar-refractivity contribution in [2.24, 2.45) is 11.7 Å². The van der Waals surface area contributed by atoms with Crippen LogP contribution in [0.25, 0.3) is 9.88 Å². The van der Waals surface area contributed by atoms with Crippen molar-refractivity contribution in [3.63, 3.8) is 0 Å². The topological polar surface area (TPSA) is 51.8 Å². The zero-order valence-corrected chi connectivity index (χ0v) is 11.1. The van der Waals surface area contributed by atoms with E-state index in [0.717, 1.165) is 22.0 Å². The second-order valence-corrected chi connectivity index (χ2v) is 6.03. The summed E-state index contributed by atoms with van der Waals surface area (Å²) < 4.78 is 0. The van der Waals surface area contributed by atoms with E-state index in [1.54, 1.807) is 22.7 Å². The summed E-state index contributed by atoms with van der Waals surface area (Å²) in [6, 6.07) is 0. The first kappa shape index (κ1) is 11.7. The van der Waals surface area contributed by atoms with Crippen molar-refractivity contribution in [1.82, 2.24) is 9.97 Å². The van der Waals surface area contributed by atoms with E-state index in [1.165, 1.54) is 4.88 Å². The molecule has 0 bridgehead atoms. The Hall–Kier alpha value is -0.780. The molecule has 2 N–H and O–H groups in total. The molecule has 5 heteroatoms. The van der Waals surface area contributed by atoms with E-state index in [9.17, 15) is 0 Å². The van der Waals surface area contributed by atoms with Crippen LogP contribution in [0, 0.1) is 5.92 Å². The molecular formula is C11H15N3S2. The van der Waals surface area contributed by atoms with Gasteiger partial charge in [0, 0.05) is 17.6 Å². The van der Waals surface area contributed by atoms with Crippen LogP contribution >= 0.6 is 22.7 Å². The van der Waals surface area contributed by atoms with Gasteiger partial charge in [-0.25, -0.2) is 4.98 Å². The Labute approximate surface area is 103 Å². The van der Waals surface area contributed by atoms with Crippen LogP contribution in [-0.2, 0) is 13.0 Å². The molecule has 0 atom stereocenters. The van der Waals surface area contributed by atoms with Gasteiger partial charge >= 0.3 is 0 Å². The molecular weight excluding hydrogens is 238 g/mol.